The van der Waals surface area contributed by atoms with Crippen LogP contribution in [0.5, 0.6) is 0 Å². The van der Waals surface area contributed by atoms with E-state index in [-0.39, 0.29) is 42.0 Å². The molecule has 1 saturated carbocycles. The molecule has 28 heavy (non-hydrogen) atoms. The molecule has 1 aliphatic carbocycles. The van der Waals surface area contributed by atoms with E-state index in [1.54, 1.807) is 4.90 Å². The number of nitrogens with one attached hydrogen (secondary N) is 1. The molecule has 7 heteroatoms. The average Bonchev–Trinajstić information content (AvgIpc) is 3.34. The van der Waals surface area contributed by atoms with Gasteiger partial charge in [-0.05, 0) is 38.2 Å². The molecule has 2 saturated heterocycles. The van der Waals surface area contributed by atoms with Crippen LogP contribution in [0.4, 0.5) is 8.78 Å². The van der Waals surface area contributed by atoms with E-state index in [0.29, 0.717) is 25.8 Å². The van der Waals surface area contributed by atoms with Gasteiger partial charge in [-0.25, -0.2) is 8.78 Å². The molecule has 3 atom stereocenters. The van der Waals surface area contributed by atoms with Gasteiger partial charge < -0.3 is 15.0 Å². The molecule has 0 radical (unpaired) electrons. The van der Waals surface area contributed by atoms with Gasteiger partial charge in [0, 0.05) is 18.2 Å². The first-order valence-corrected chi connectivity index (χ1v) is 10.2. The molecular formula is C21H26F2N2O3. The van der Waals surface area contributed by atoms with Crippen LogP contribution >= 0.6 is 0 Å². The Balaban J connectivity index is 1.34. The molecule has 3 fully saturated rings. The number of carbonyl (C=O) groups is 2. The second-order valence-electron chi connectivity index (χ2n) is 8.06. The maximum absolute atomic E-state index is 13.9. The molecule has 2 amide bonds. The van der Waals surface area contributed by atoms with Crippen molar-refractivity contribution in [3.63, 3.8) is 0 Å². The zero-order valence-electron chi connectivity index (χ0n) is 15.8. The van der Waals surface area contributed by atoms with E-state index >= 15 is 0 Å². The summed E-state index contributed by atoms with van der Waals surface area (Å²) < 4.78 is 33.3. The van der Waals surface area contributed by atoms with Gasteiger partial charge in [0.15, 0.2) is 11.6 Å². The first kappa shape index (κ1) is 19.3. The smallest absolute Gasteiger partial charge is 0.249 e. The van der Waals surface area contributed by atoms with Gasteiger partial charge in [0.1, 0.15) is 6.10 Å². The van der Waals surface area contributed by atoms with Gasteiger partial charge in [0.2, 0.25) is 11.8 Å². The van der Waals surface area contributed by atoms with Gasteiger partial charge >= 0.3 is 0 Å². The third-order valence-corrected chi connectivity index (χ3v) is 6.24. The van der Waals surface area contributed by atoms with Crippen LogP contribution in [0.3, 0.4) is 0 Å². The summed E-state index contributed by atoms with van der Waals surface area (Å²) in [5.74, 6) is -2.18. The number of carbonyl (C=O) groups excluding carboxylic acids is 2. The zero-order valence-corrected chi connectivity index (χ0v) is 15.8. The molecule has 2 aliphatic heterocycles. The van der Waals surface area contributed by atoms with Gasteiger partial charge in [0.25, 0.3) is 0 Å². The van der Waals surface area contributed by atoms with E-state index in [1.807, 2.05) is 0 Å². The average molecular weight is 392 g/mol. The summed E-state index contributed by atoms with van der Waals surface area (Å²) in [5, 5.41) is 3.08. The topological polar surface area (TPSA) is 58.6 Å². The van der Waals surface area contributed by atoms with Crippen molar-refractivity contribution in [3.05, 3.63) is 35.4 Å². The molecule has 0 bridgehead atoms. The monoisotopic (exact) mass is 392 g/mol. The molecule has 1 aromatic rings. The van der Waals surface area contributed by atoms with E-state index in [2.05, 4.69) is 5.32 Å². The molecule has 0 aromatic heterocycles. The third kappa shape index (κ3) is 3.90. The maximum Gasteiger partial charge on any atom is 0.249 e. The molecular weight excluding hydrogens is 366 g/mol. The Morgan fingerprint density at radius 1 is 1.11 bits per heavy atom. The fraction of sp³-hybridized carbons (Fsp3) is 0.619. The van der Waals surface area contributed by atoms with Gasteiger partial charge in [-0.2, -0.15) is 0 Å². The second-order valence-corrected chi connectivity index (χ2v) is 8.06. The highest BCUT2D eigenvalue weighted by Crippen LogP contribution is 2.32. The number of nitrogens with zero attached hydrogens (tertiary/aromatic N) is 1. The number of rotatable bonds is 4. The zero-order chi connectivity index (χ0) is 19.7. The van der Waals surface area contributed by atoms with Crippen molar-refractivity contribution in [1.82, 2.24) is 10.2 Å². The van der Waals surface area contributed by atoms with Crippen LogP contribution in [0.25, 0.3) is 0 Å². The van der Waals surface area contributed by atoms with Crippen molar-refractivity contribution in [2.24, 2.45) is 0 Å². The number of benzene rings is 1. The Kier molecular flexibility index (Phi) is 5.62. The number of hydrogen-bond donors (Lipinski definition) is 1. The predicted octanol–water partition coefficient (Wildman–Crippen LogP) is 2.71. The van der Waals surface area contributed by atoms with Crippen LogP contribution in [-0.4, -0.2) is 47.6 Å². The van der Waals surface area contributed by atoms with E-state index in [4.69, 9.17) is 4.74 Å². The normalized spacial score (nSPS) is 27.6. The van der Waals surface area contributed by atoms with Crippen molar-refractivity contribution in [2.45, 2.75) is 75.7 Å². The Morgan fingerprint density at radius 2 is 1.89 bits per heavy atom. The molecule has 1 N–H and O–H groups in total. The van der Waals surface area contributed by atoms with Crippen molar-refractivity contribution in [3.8, 4) is 0 Å². The largest absolute Gasteiger partial charge is 0.363 e. The minimum Gasteiger partial charge on any atom is -0.363 e. The number of ether oxygens (including phenoxy) is 1. The Labute approximate surface area is 163 Å². The maximum atomic E-state index is 13.9. The number of hydrogen-bond acceptors (Lipinski definition) is 3. The lowest BCUT2D eigenvalue weighted by Gasteiger charge is -2.35. The van der Waals surface area contributed by atoms with Gasteiger partial charge in [0.05, 0.1) is 18.6 Å². The fourth-order valence-electron chi connectivity index (χ4n) is 4.74. The van der Waals surface area contributed by atoms with Crippen LogP contribution in [0.2, 0.25) is 0 Å². The molecule has 0 unspecified atom stereocenters. The van der Waals surface area contributed by atoms with Gasteiger partial charge in [-0.3, -0.25) is 9.59 Å². The van der Waals surface area contributed by atoms with E-state index in [9.17, 15) is 18.4 Å². The van der Waals surface area contributed by atoms with Crippen LogP contribution < -0.4 is 5.32 Å². The standard InChI is InChI=1S/C21H26F2N2O3/c22-15-7-3-4-13(20(15)23)12-19(26)25-11-10-17-16(25)8-9-18(28-17)21(27)24-14-5-1-2-6-14/h3-4,7,14,16-18H,1-2,5-6,8-12H2,(H,24,27)/t16-,17-,18-/m1/s1. The van der Waals surface area contributed by atoms with Gasteiger partial charge in [-0.15, -0.1) is 0 Å². The first-order chi connectivity index (χ1) is 13.5. The summed E-state index contributed by atoms with van der Waals surface area (Å²) >= 11 is 0. The predicted molar refractivity (Wildman–Crippen MR) is 98.5 cm³/mol. The minimum absolute atomic E-state index is 0.0445. The molecule has 152 valence electrons. The third-order valence-electron chi connectivity index (χ3n) is 6.24. The Bertz CT molecular complexity index is 751. The summed E-state index contributed by atoms with van der Waals surface area (Å²) in [7, 11) is 0. The number of amides is 2. The van der Waals surface area contributed by atoms with Crippen LogP contribution in [-0.2, 0) is 20.7 Å². The molecule has 3 aliphatic rings. The Morgan fingerprint density at radius 3 is 2.68 bits per heavy atom. The number of halogens is 2. The molecule has 1 aromatic carbocycles. The summed E-state index contributed by atoms with van der Waals surface area (Å²) in [4.78, 5) is 26.9. The van der Waals surface area contributed by atoms with Crippen LogP contribution in [0.1, 0.15) is 50.5 Å². The second kappa shape index (κ2) is 8.15. The SMILES string of the molecule is O=C(NC1CCCC1)[C@H]1CC[C@@H]2[C@@H](CCN2C(=O)Cc2cccc(F)c2F)O1. The van der Waals surface area contributed by atoms with E-state index in [1.165, 1.54) is 12.1 Å². The fourth-order valence-corrected chi connectivity index (χ4v) is 4.74. The van der Waals surface area contributed by atoms with Crippen molar-refractivity contribution in [1.29, 1.82) is 0 Å². The lowest BCUT2D eigenvalue weighted by atomic mass is 9.98. The Hall–Kier alpha value is -2.02. The highest BCUT2D eigenvalue weighted by Gasteiger charge is 2.43. The highest BCUT2D eigenvalue weighted by molar-refractivity contribution is 5.82. The lowest BCUT2D eigenvalue weighted by Crippen LogP contribution is -2.50. The summed E-state index contributed by atoms with van der Waals surface area (Å²) in [5.41, 5.74) is 0.0685. The lowest BCUT2D eigenvalue weighted by molar-refractivity contribution is -0.147. The quantitative estimate of drug-likeness (QED) is 0.857. The molecule has 5 nitrogen and oxygen atoms in total. The van der Waals surface area contributed by atoms with Crippen molar-refractivity contribution >= 4 is 11.8 Å². The van der Waals surface area contributed by atoms with Crippen molar-refractivity contribution < 1.29 is 23.1 Å². The summed E-state index contributed by atoms with van der Waals surface area (Å²) in [6, 6.07) is 4.05. The number of likely N-dealkylation sites (tertiary alicyclic amines) is 1. The molecule has 0 spiro atoms. The summed E-state index contributed by atoms with van der Waals surface area (Å²) in [6.07, 6.45) is 5.49. The van der Waals surface area contributed by atoms with Crippen molar-refractivity contribution in [2.75, 3.05) is 6.54 Å². The highest BCUT2D eigenvalue weighted by atomic mass is 19.2. The van der Waals surface area contributed by atoms with E-state index < -0.39 is 17.7 Å². The van der Waals surface area contributed by atoms with Crippen LogP contribution in [0.15, 0.2) is 18.2 Å². The molecule has 2 heterocycles. The first-order valence-electron chi connectivity index (χ1n) is 10.2. The molecule has 4 rings (SSSR count). The van der Waals surface area contributed by atoms with Gasteiger partial charge in [-0.1, -0.05) is 25.0 Å². The summed E-state index contributed by atoms with van der Waals surface area (Å²) in [6.45, 7) is 0.516. The number of fused-ring (bicyclic) bond motifs is 1. The van der Waals surface area contributed by atoms with E-state index in [0.717, 1.165) is 31.7 Å². The minimum atomic E-state index is -0.963. The van der Waals surface area contributed by atoms with Crippen LogP contribution in [0, 0.1) is 11.6 Å².